The molecular formula is C11H10ClNS2. The Kier molecular flexibility index (Phi) is 3.67. The number of nitrogens with zero attached hydrogens (tertiary/aromatic N) is 1. The van der Waals surface area contributed by atoms with Crippen molar-refractivity contribution < 1.29 is 0 Å². The maximum atomic E-state index is 5.83. The molecule has 78 valence electrons. The molecule has 0 fully saturated rings. The van der Waals surface area contributed by atoms with Crippen LogP contribution in [-0.2, 0) is 0 Å². The van der Waals surface area contributed by atoms with Crippen LogP contribution in [0.1, 0.15) is 6.92 Å². The Morgan fingerprint density at radius 2 is 2.07 bits per heavy atom. The highest BCUT2D eigenvalue weighted by Gasteiger charge is 2.03. The fourth-order valence-electron chi connectivity index (χ4n) is 1.20. The van der Waals surface area contributed by atoms with Crippen LogP contribution in [0.25, 0.3) is 11.3 Å². The Bertz CT molecular complexity index is 436. The third kappa shape index (κ3) is 2.74. The lowest BCUT2D eigenvalue weighted by Gasteiger charge is -1.95. The minimum atomic E-state index is 0.761. The molecule has 0 aliphatic rings. The van der Waals surface area contributed by atoms with Gasteiger partial charge in [-0.1, -0.05) is 42.4 Å². The zero-order chi connectivity index (χ0) is 10.7. The summed E-state index contributed by atoms with van der Waals surface area (Å²) in [7, 11) is 0. The molecule has 0 unspecified atom stereocenters. The highest BCUT2D eigenvalue weighted by Crippen LogP contribution is 2.28. The Labute approximate surface area is 103 Å². The van der Waals surface area contributed by atoms with E-state index in [1.807, 2.05) is 24.3 Å². The molecule has 2 rings (SSSR count). The largest absolute Gasteiger partial charge is 0.230 e. The van der Waals surface area contributed by atoms with E-state index >= 15 is 0 Å². The van der Waals surface area contributed by atoms with E-state index < -0.39 is 0 Å². The van der Waals surface area contributed by atoms with E-state index in [4.69, 9.17) is 11.6 Å². The first-order chi connectivity index (χ1) is 7.29. The molecule has 1 heterocycles. The second-order valence-electron chi connectivity index (χ2n) is 2.94. The molecule has 4 heteroatoms. The number of thiazole rings is 1. The number of hydrogen-bond acceptors (Lipinski definition) is 3. The Hall–Kier alpha value is -0.510. The number of hydrogen-bond donors (Lipinski definition) is 0. The molecule has 1 nitrogen and oxygen atoms in total. The first-order valence-corrected chi connectivity index (χ1v) is 6.88. The number of aromatic nitrogens is 1. The Morgan fingerprint density at radius 1 is 1.33 bits per heavy atom. The lowest BCUT2D eigenvalue weighted by Crippen LogP contribution is -1.77. The fraction of sp³-hybridized carbons (Fsp3) is 0.182. The highest BCUT2D eigenvalue weighted by molar-refractivity contribution is 8.00. The second kappa shape index (κ2) is 5.01. The predicted molar refractivity (Wildman–Crippen MR) is 69.0 cm³/mol. The maximum absolute atomic E-state index is 5.83. The van der Waals surface area contributed by atoms with Gasteiger partial charge >= 0.3 is 0 Å². The first kappa shape index (κ1) is 11.0. The topological polar surface area (TPSA) is 12.9 Å². The van der Waals surface area contributed by atoms with E-state index in [-0.39, 0.29) is 0 Å². The van der Waals surface area contributed by atoms with E-state index in [9.17, 15) is 0 Å². The summed E-state index contributed by atoms with van der Waals surface area (Å²) in [6.45, 7) is 2.13. The summed E-state index contributed by atoms with van der Waals surface area (Å²) in [5.74, 6) is 1.06. The van der Waals surface area contributed by atoms with Crippen LogP contribution in [0.2, 0.25) is 5.02 Å². The summed E-state index contributed by atoms with van der Waals surface area (Å²) >= 11 is 9.30. The standard InChI is InChI=1S/C11H10ClNS2/c1-2-14-11-13-10(7-15-11)8-3-5-9(12)6-4-8/h3-7H,2H2,1H3. The van der Waals surface area contributed by atoms with E-state index in [1.165, 1.54) is 0 Å². The summed E-state index contributed by atoms with van der Waals surface area (Å²) in [5, 5.41) is 2.85. The molecule has 1 aromatic carbocycles. The second-order valence-corrected chi connectivity index (χ2v) is 5.74. The minimum Gasteiger partial charge on any atom is -0.230 e. The van der Waals surface area contributed by atoms with Crippen molar-refractivity contribution in [2.24, 2.45) is 0 Å². The molecule has 0 amide bonds. The number of rotatable bonds is 3. The van der Waals surface area contributed by atoms with Gasteiger partial charge in [0.05, 0.1) is 5.69 Å². The van der Waals surface area contributed by atoms with Gasteiger partial charge in [-0.2, -0.15) is 0 Å². The summed E-state index contributed by atoms with van der Waals surface area (Å²) in [5.41, 5.74) is 2.16. The van der Waals surface area contributed by atoms with E-state index in [0.717, 1.165) is 26.4 Å². The van der Waals surface area contributed by atoms with Crippen LogP contribution in [0.3, 0.4) is 0 Å². The molecule has 0 saturated heterocycles. The van der Waals surface area contributed by atoms with Crippen LogP contribution >= 0.6 is 34.7 Å². The van der Waals surface area contributed by atoms with Gasteiger partial charge < -0.3 is 0 Å². The van der Waals surface area contributed by atoms with Gasteiger partial charge in [-0.25, -0.2) is 4.98 Å². The smallest absolute Gasteiger partial charge is 0.150 e. The van der Waals surface area contributed by atoms with Gasteiger partial charge in [0.15, 0.2) is 4.34 Å². The van der Waals surface area contributed by atoms with E-state index in [1.54, 1.807) is 23.1 Å². The maximum Gasteiger partial charge on any atom is 0.150 e. The van der Waals surface area contributed by atoms with Crippen LogP contribution in [0.5, 0.6) is 0 Å². The van der Waals surface area contributed by atoms with Gasteiger partial charge in [-0.05, 0) is 17.9 Å². The quantitative estimate of drug-likeness (QED) is 0.745. The Morgan fingerprint density at radius 3 is 2.73 bits per heavy atom. The zero-order valence-electron chi connectivity index (χ0n) is 8.24. The van der Waals surface area contributed by atoms with Crippen molar-refractivity contribution in [3.05, 3.63) is 34.7 Å². The van der Waals surface area contributed by atoms with Crippen molar-refractivity contribution in [2.75, 3.05) is 5.75 Å². The molecule has 0 N–H and O–H groups in total. The van der Waals surface area contributed by atoms with Gasteiger partial charge in [-0.15, -0.1) is 11.3 Å². The average molecular weight is 256 g/mol. The predicted octanol–water partition coefficient (Wildman–Crippen LogP) is 4.58. The SMILES string of the molecule is CCSc1nc(-c2ccc(Cl)cc2)cs1. The minimum absolute atomic E-state index is 0.761. The molecule has 0 saturated carbocycles. The molecule has 1 aromatic heterocycles. The van der Waals surface area contributed by atoms with Gasteiger partial charge in [-0.3, -0.25) is 0 Å². The van der Waals surface area contributed by atoms with Gasteiger partial charge in [0.2, 0.25) is 0 Å². The van der Waals surface area contributed by atoms with Gasteiger partial charge in [0, 0.05) is 16.0 Å². The first-order valence-electron chi connectivity index (χ1n) is 4.64. The molecular weight excluding hydrogens is 246 g/mol. The molecule has 0 atom stereocenters. The van der Waals surface area contributed by atoms with Crippen molar-refractivity contribution in [1.82, 2.24) is 4.98 Å². The van der Waals surface area contributed by atoms with Crippen LogP contribution in [0.4, 0.5) is 0 Å². The zero-order valence-corrected chi connectivity index (χ0v) is 10.6. The molecule has 15 heavy (non-hydrogen) atoms. The molecule has 2 aromatic rings. The molecule has 0 radical (unpaired) electrons. The normalized spacial score (nSPS) is 10.5. The summed E-state index contributed by atoms with van der Waals surface area (Å²) in [4.78, 5) is 4.54. The van der Waals surface area contributed by atoms with Crippen molar-refractivity contribution in [2.45, 2.75) is 11.3 Å². The number of benzene rings is 1. The molecule has 0 bridgehead atoms. The van der Waals surface area contributed by atoms with Gasteiger partial charge in [0.25, 0.3) is 0 Å². The van der Waals surface area contributed by atoms with Gasteiger partial charge in [0.1, 0.15) is 0 Å². The lowest BCUT2D eigenvalue weighted by molar-refractivity contribution is 1.25. The van der Waals surface area contributed by atoms with E-state index in [2.05, 4.69) is 17.3 Å². The van der Waals surface area contributed by atoms with E-state index in [0.29, 0.717) is 0 Å². The highest BCUT2D eigenvalue weighted by atomic mass is 35.5. The summed E-state index contributed by atoms with van der Waals surface area (Å²) in [6, 6.07) is 7.78. The van der Waals surface area contributed by atoms with Crippen molar-refractivity contribution >= 4 is 34.7 Å². The van der Waals surface area contributed by atoms with Crippen molar-refractivity contribution in [1.29, 1.82) is 0 Å². The van der Waals surface area contributed by atoms with Crippen LogP contribution in [-0.4, -0.2) is 10.7 Å². The molecule has 0 spiro atoms. The molecule has 0 aliphatic heterocycles. The summed E-state index contributed by atoms with van der Waals surface area (Å²) in [6.07, 6.45) is 0. The number of halogens is 1. The summed E-state index contributed by atoms with van der Waals surface area (Å²) < 4.78 is 1.13. The third-order valence-corrected chi connectivity index (χ3v) is 4.05. The van der Waals surface area contributed by atoms with Crippen LogP contribution < -0.4 is 0 Å². The van der Waals surface area contributed by atoms with Crippen molar-refractivity contribution in [3.8, 4) is 11.3 Å². The van der Waals surface area contributed by atoms with Crippen LogP contribution in [0, 0.1) is 0 Å². The third-order valence-electron chi connectivity index (χ3n) is 1.89. The lowest BCUT2D eigenvalue weighted by atomic mass is 10.2. The molecule has 0 aliphatic carbocycles. The monoisotopic (exact) mass is 255 g/mol. The Balaban J connectivity index is 2.25. The fourth-order valence-corrected chi connectivity index (χ4v) is 3.06. The average Bonchev–Trinajstić information content (AvgIpc) is 2.68. The van der Waals surface area contributed by atoms with Crippen molar-refractivity contribution in [3.63, 3.8) is 0 Å². The number of thioether (sulfide) groups is 1. The van der Waals surface area contributed by atoms with Crippen LogP contribution in [0.15, 0.2) is 34.0 Å².